The number of non-ortho nitro benzene ring substituents is 1. The Morgan fingerprint density at radius 2 is 2.25 bits per heavy atom. The third kappa shape index (κ3) is 3.32. The van der Waals surface area contributed by atoms with E-state index in [9.17, 15) is 14.9 Å². The highest BCUT2D eigenvalue weighted by Gasteiger charge is 2.37. The van der Waals surface area contributed by atoms with Crippen molar-refractivity contribution < 1.29 is 14.5 Å². The van der Waals surface area contributed by atoms with Gasteiger partial charge in [-0.2, -0.15) is 5.26 Å². The van der Waals surface area contributed by atoms with Gasteiger partial charge in [0.05, 0.1) is 23.0 Å². The Balaban J connectivity index is 3.23. The first-order valence-electron chi connectivity index (χ1n) is 6.24. The number of nitriles is 1. The first-order valence-corrected chi connectivity index (χ1v) is 6.24. The molecule has 0 bridgehead atoms. The third-order valence-electron chi connectivity index (χ3n) is 3.16. The highest BCUT2D eigenvalue weighted by molar-refractivity contribution is 5.83. The predicted octanol–water partition coefficient (Wildman–Crippen LogP) is 2.72. The molecule has 1 aromatic rings. The van der Waals surface area contributed by atoms with Gasteiger partial charge in [0.1, 0.15) is 0 Å². The quantitative estimate of drug-likeness (QED) is 0.452. The minimum Gasteiger partial charge on any atom is -0.465 e. The van der Waals surface area contributed by atoms with Gasteiger partial charge in [-0.3, -0.25) is 14.9 Å². The first-order chi connectivity index (χ1) is 9.45. The van der Waals surface area contributed by atoms with Crippen LogP contribution in [0.25, 0.3) is 0 Å². The van der Waals surface area contributed by atoms with Crippen LogP contribution in [0.1, 0.15) is 32.3 Å². The van der Waals surface area contributed by atoms with Gasteiger partial charge in [0.15, 0.2) is 0 Å². The number of nitro benzene ring substituents is 1. The average Bonchev–Trinajstić information content (AvgIpc) is 2.45. The summed E-state index contributed by atoms with van der Waals surface area (Å²) in [4.78, 5) is 22.5. The number of hydrogen-bond acceptors (Lipinski definition) is 5. The van der Waals surface area contributed by atoms with Crippen molar-refractivity contribution in [2.75, 3.05) is 6.61 Å². The maximum atomic E-state index is 12.2. The van der Waals surface area contributed by atoms with E-state index in [1.54, 1.807) is 19.9 Å². The van der Waals surface area contributed by atoms with Crippen molar-refractivity contribution in [2.45, 2.75) is 32.1 Å². The van der Waals surface area contributed by atoms with Crippen LogP contribution in [-0.2, 0) is 14.9 Å². The summed E-state index contributed by atoms with van der Waals surface area (Å²) in [5, 5.41) is 19.5. The lowest BCUT2D eigenvalue weighted by atomic mass is 9.78. The molecule has 1 unspecified atom stereocenters. The fraction of sp³-hybridized carbons (Fsp3) is 0.429. The maximum Gasteiger partial charge on any atom is 0.316 e. The van der Waals surface area contributed by atoms with Gasteiger partial charge in [-0.15, -0.1) is 0 Å². The molecule has 0 amide bonds. The zero-order valence-electron chi connectivity index (χ0n) is 11.5. The number of hydrogen-bond donors (Lipinski definition) is 0. The molecular formula is C14H16N2O4. The van der Waals surface area contributed by atoms with Gasteiger partial charge in [0.2, 0.25) is 0 Å². The molecule has 0 aromatic heterocycles. The van der Waals surface area contributed by atoms with Crippen LogP contribution in [0.2, 0.25) is 0 Å². The normalized spacial score (nSPS) is 13.1. The Hall–Kier alpha value is -2.42. The molecule has 106 valence electrons. The van der Waals surface area contributed by atoms with Crippen LogP contribution in [-0.4, -0.2) is 17.5 Å². The minimum atomic E-state index is -1.06. The second-order valence-corrected chi connectivity index (χ2v) is 4.52. The molecule has 0 heterocycles. The highest BCUT2D eigenvalue weighted by Crippen LogP contribution is 2.32. The molecule has 0 N–H and O–H groups in total. The van der Waals surface area contributed by atoms with E-state index < -0.39 is 16.3 Å². The molecule has 0 saturated carbocycles. The van der Waals surface area contributed by atoms with Crippen molar-refractivity contribution in [2.24, 2.45) is 0 Å². The van der Waals surface area contributed by atoms with E-state index in [1.165, 1.54) is 18.2 Å². The summed E-state index contributed by atoms with van der Waals surface area (Å²) >= 11 is 0. The van der Waals surface area contributed by atoms with Gasteiger partial charge in [0, 0.05) is 18.6 Å². The van der Waals surface area contributed by atoms with Crippen LogP contribution in [0.4, 0.5) is 5.69 Å². The van der Waals surface area contributed by atoms with Crippen molar-refractivity contribution >= 4 is 11.7 Å². The molecule has 0 radical (unpaired) electrons. The van der Waals surface area contributed by atoms with Crippen LogP contribution in [0.15, 0.2) is 24.3 Å². The molecule has 6 heteroatoms. The number of esters is 1. The number of nitrogens with zero attached hydrogens (tertiary/aromatic N) is 2. The molecule has 1 rings (SSSR count). The molecular weight excluding hydrogens is 260 g/mol. The van der Waals surface area contributed by atoms with Gasteiger partial charge in [-0.1, -0.05) is 12.1 Å². The van der Waals surface area contributed by atoms with Crippen molar-refractivity contribution in [1.29, 1.82) is 5.26 Å². The molecule has 0 aliphatic rings. The topological polar surface area (TPSA) is 93.2 Å². The Bertz CT molecular complexity index is 550. The van der Waals surface area contributed by atoms with Gasteiger partial charge in [-0.25, -0.2) is 0 Å². The van der Waals surface area contributed by atoms with E-state index in [1.807, 2.05) is 6.07 Å². The van der Waals surface area contributed by atoms with E-state index in [-0.39, 0.29) is 25.1 Å². The van der Waals surface area contributed by atoms with E-state index in [0.717, 1.165) is 0 Å². The smallest absolute Gasteiger partial charge is 0.316 e. The predicted molar refractivity (Wildman–Crippen MR) is 71.9 cm³/mol. The molecule has 20 heavy (non-hydrogen) atoms. The number of benzene rings is 1. The van der Waals surface area contributed by atoms with Crippen LogP contribution in [0.5, 0.6) is 0 Å². The molecule has 0 saturated heterocycles. The second kappa shape index (κ2) is 6.66. The standard InChI is InChI=1S/C14H16N2O4/c1-3-20-13(17)14(2,8-5-9-15)11-6-4-7-12(10-11)16(18)19/h4,6-7,10H,3,5,8H2,1-2H3. The zero-order valence-corrected chi connectivity index (χ0v) is 11.5. The van der Waals surface area contributed by atoms with Crippen molar-refractivity contribution in [3.8, 4) is 6.07 Å². The fourth-order valence-electron chi connectivity index (χ4n) is 1.92. The minimum absolute atomic E-state index is 0.0880. The Kier molecular flexibility index (Phi) is 5.21. The Labute approximate surface area is 117 Å². The molecule has 1 aromatic carbocycles. The highest BCUT2D eigenvalue weighted by atomic mass is 16.6. The van der Waals surface area contributed by atoms with Gasteiger partial charge in [-0.05, 0) is 25.8 Å². The second-order valence-electron chi connectivity index (χ2n) is 4.52. The summed E-state index contributed by atoms with van der Waals surface area (Å²) in [6.45, 7) is 3.55. The molecule has 0 aliphatic heterocycles. The fourth-order valence-corrected chi connectivity index (χ4v) is 1.92. The number of carbonyl (C=O) groups excluding carboxylic acids is 1. The SMILES string of the molecule is CCOC(=O)C(C)(CCC#N)c1cccc([N+](=O)[O-])c1. The van der Waals surface area contributed by atoms with Gasteiger partial charge >= 0.3 is 5.97 Å². The van der Waals surface area contributed by atoms with E-state index in [4.69, 9.17) is 10.00 Å². The molecule has 0 fully saturated rings. The third-order valence-corrected chi connectivity index (χ3v) is 3.16. The summed E-state index contributed by atoms with van der Waals surface area (Å²) in [7, 11) is 0. The Morgan fingerprint density at radius 1 is 1.55 bits per heavy atom. The van der Waals surface area contributed by atoms with Crippen molar-refractivity contribution in [3.05, 3.63) is 39.9 Å². The molecule has 1 atom stereocenters. The number of ether oxygens (including phenoxy) is 1. The number of rotatable bonds is 6. The van der Waals surface area contributed by atoms with E-state index >= 15 is 0 Å². The van der Waals surface area contributed by atoms with E-state index in [2.05, 4.69) is 0 Å². The summed E-state index contributed by atoms with van der Waals surface area (Å²) in [5.74, 6) is -0.476. The van der Waals surface area contributed by atoms with Crippen molar-refractivity contribution in [1.82, 2.24) is 0 Å². The molecule has 0 spiro atoms. The monoisotopic (exact) mass is 276 g/mol. The summed E-state index contributed by atoms with van der Waals surface area (Å²) in [6.07, 6.45) is 0.418. The maximum absolute atomic E-state index is 12.2. The molecule has 0 aliphatic carbocycles. The number of nitro groups is 1. The van der Waals surface area contributed by atoms with Crippen LogP contribution in [0.3, 0.4) is 0 Å². The molecule has 6 nitrogen and oxygen atoms in total. The van der Waals surface area contributed by atoms with Crippen LogP contribution in [0, 0.1) is 21.4 Å². The lowest BCUT2D eigenvalue weighted by molar-refractivity contribution is -0.384. The van der Waals surface area contributed by atoms with Gasteiger partial charge in [0.25, 0.3) is 5.69 Å². The van der Waals surface area contributed by atoms with Crippen LogP contribution < -0.4 is 0 Å². The largest absolute Gasteiger partial charge is 0.465 e. The van der Waals surface area contributed by atoms with Gasteiger partial charge < -0.3 is 4.74 Å². The summed E-state index contributed by atoms with van der Waals surface area (Å²) < 4.78 is 5.04. The Morgan fingerprint density at radius 3 is 2.80 bits per heavy atom. The summed E-state index contributed by atoms with van der Waals surface area (Å²) in [6, 6.07) is 7.87. The zero-order chi connectivity index (χ0) is 15.2. The van der Waals surface area contributed by atoms with E-state index in [0.29, 0.717) is 5.56 Å². The number of carbonyl (C=O) groups is 1. The first kappa shape index (κ1) is 15.6. The van der Waals surface area contributed by atoms with Crippen LogP contribution >= 0.6 is 0 Å². The average molecular weight is 276 g/mol. The lowest BCUT2D eigenvalue weighted by Gasteiger charge is -2.26. The van der Waals surface area contributed by atoms with Crippen molar-refractivity contribution in [3.63, 3.8) is 0 Å². The summed E-state index contributed by atoms with van der Waals surface area (Å²) in [5.41, 5.74) is -0.659. The lowest BCUT2D eigenvalue weighted by Crippen LogP contribution is -2.34.